The number of likely N-dealkylation sites (N-methyl/N-ethyl adjacent to an activating group) is 1. The van der Waals surface area contributed by atoms with Gasteiger partial charge in [-0.3, -0.25) is 0 Å². The van der Waals surface area contributed by atoms with Crippen molar-refractivity contribution in [2.75, 3.05) is 25.5 Å². The largest absolute Gasteiger partial charge is 0.407 e. The van der Waals surface area contributed by atoms with Crippen molar-refractivity contribution >= 4 is 6.01 Å². The Bertz CT molecular complexity index is 637. The number of benzene rings is 1. The lowest BCUT2D eigenvalue weighted by Gasteiger charge is -2.26. The van der Waals surface area contributed by atoms with Crippen molar-refractivity contribution in [2.24, 2.45) is 5.41 Å². The summed E-state index contributed by atoms with van der Waals surface area (Å²) in [5, 5.41) is 11.2. The van der Waals surface area contributed by atoms with E-state index in [0.717, 1.165) is 6.54 Å². The molecule has 3 rings (SSSR count). The second-order valence-electron chi connectivity index (χ2n) is 6.87. The Morgan fingerprint density at radius 3 is 2.50 bits per heavy atom. The Hall–Kier alpha value is -1.88. The molecule has 22 heavy (non-hydrogen) atoms. The highest BCUT2D eigenvalue weighted by Gasteiger charge is 2.62. The molecule has 0 spiro atoms. The number of rotatable bonds is 6. The van der Waals surface area contributed by atoms with Crippen LogP contribution in [0.5, 0.6) is 0 Å². The fourth-order valence-corrected chi connectivity index (χ4v) is 3.42. The van der Waals surface area contributed by atoms with Crippen LogP contribution in [0.4, 0.5) is 6.01 Å². The Morgan fingerprint density at radius 1 is 1.23 bits per heavy atom. The molecule has 118 valence electrons. The van der Waals surface area contributed by atoms with E-state index in [0.29, 0.717) is 18.5 Å². The Labute approximate surface area is 131 Å². The topological polar surface area (TPSA) is 54.2 Å². The molecule has 5 heteroatoms. The highest BCUT2D eigenvalue weighted by Crippen LogP contribution is 2.64. The number of hydrogen-bond acceptors (Lipinski definition) is 5. The smallest absolute Gasteiger partial charge is 0.317 e. The van der Waals surface area contributed by atoms with Crippen LogP contribution in [0.15, 0.2) is 34.7 Å². The lowest BCUT2D eigenvalue weighted by Crippen LogP contribution is -2.32. The van der Waals surface area contributed by atoms with Gasteiger partial charge in [-0.25, -0.2) is 0 Å². The van der Waals surface area contributed by atoms with Crippen LogP contribution in [0.1, 0.15) is 31.7 Å². The molecule has 1 aromatic heterocycles. The zero-order valence-electron chi connectivity index (χ0n) is 13.8. The van der Waals surface area contributed by atoms with Crippen molar-refractivity contribution in [1.82, 2.24) is 15.5 Å². The molecular weight excluding hydrogens is 276 g/mol. The molecule has 0 aliphatic heterocycles. The van der Waals surface area contributed by atoms with Gasteiger partial charge in [-0.15, -0.1) is 5.10 Å². The van der Waals surface area contributed by atoms with Crippen LogP contribution in [0.2, 0.25) is 0 Å². The van der Waals surface area contributed by atoms with Crippen molar-refractivity contribution in [3.63, 3.8) is 0 Å². The van der Waals surface area contributed by atoms with Crippen molar-refractivity contribution in [3.05, 3.63) is 41.8 Å². The SMILES string of the molecule is CNCc1nnc(N(C)CC2(c3ccccc3)CC2(C)C)o1. The molecule has 2 aromatic rings. The summed E-state index contributed by atoms with van der Waals surface area (Å²) in [6, 6.07) is 11.3. The van der Waals surface area contributed by atoms with E-state index in [2.05, 4.69) is 64.6 Å². The lowest BCUT2D eigenvalue weighted by atomic mass is 9.87. The first kappa shape index (κ1) is 15.0. The molecular formula is C17H24N4O. The fraction of sp³-hybridized carbons (Fsp3) is 0.529. The summed E-state index contributed by atoms with van der Waals surface area (Å²) >= 11 is 0. The molecule has 1 saturated carbocycles. The van der Waals surface area contributed by atoms with Crippen LogP contribution in [0.25, 0.3) is 0 Å². The monoisotopic (exact) mass is 300 g/mol. The maximum atomic E-state index is 5.70. The van der Waals surface area contributed by atoms with Crippen molar-refractivity contribution in [3.8, 4) is 0 Å². The maximum Gasteiger partial charge on any atom is 0.317 e. The second-order valence-corrected chi connectivity index (χ2v) is 6.87. The molecule has 1 atom stereocenters. The minimum atomic E-state index is 0.153. The van der Waals surface area contributed by atoms with Crippen LogP contribution in [-0.2, 0) is 12.0 Å². The quantitative estimate of drug-likeness (QED) is 0.888. The summed E-state index contributed by atoms with van der Waals surface area (Å²) in [4.78, 5) is 2.08. The second kappa shape index (κ2) is 5.39. The molecule has 1 N–H and O–H groups in total. The molecule has 5 nitrogen and oxygen atoms in total. The fourth-order valence-electron chi connectivity index (χ4n) is 3.42. The average molecular weight is 300 g/mol. The highest BCUT2D eigenvalue weighted by molar-refractivity contribution is 5.41. The molecule has 0 bridgehead atoms. The summed E-state index contributed by atoms with van der Waals surface area (Å²) in [7, 11) is 3.89. The summed E-state index contributed by atoms with van der Waals surface area (Å²) in [5.74, 6) is 0.619. The molecule has 1 aliphatic rings. The predicted octanol–water partition coefficient (Wildman–Crippen LogP) is 2.59. The predicted molar refractivity (Wildman–Crippen MR) is 86.8 cm³/mol. The third-order valence-electron chi connectivity index (χ3n) is 4.86. The van der Waals surface area contributed by atoms with E-state index < -0.39 is 0 Å². The van der Waals surface area contributed by atoms with Gasteiger partial charge in [0, 0.05) is 19.0 Å². The third-order valence-corrected chi connectivity index (χ3v) is 4.86. The van der Waals surface area contributed by atoms with E-state index in [9.17, 15) is 0 Å². The van der Waals surface area contributed by atoms with E-state index in [1.165, 1.54) is 12.0 Å². The van der Waals surface area contributed by atoms with Crippen LogP contribution >= 0.6 is 0 Å². The number of anilines is 1. The minimum absolute atomic E-state index is 0.153. The molecule has 1 fully saturated rings. The number of nitrogens with one attached hydrogen (secondary N) is 1. The van der Waals surface area contributed by atoms with E-state index in [1.54, 1.807) is 0 Å². The highest BCUT2D eigenvalue weighted by atomic mass is 16.4. The summed E-state index contributed by atoms with van der Waals surface area (Å²) in [6.45, 7) is 6.13. The first-order valence-corrected chi connectivity index (χ1v) is 7.72. The Morgan fingerprint density at radius 2 is 1.91 bits per heavy atom. The lowest BCUT2D eigenvalue weighted by molar-refractivity contribution is 0.451. The van der Waals surface area contributed by atoms with Gasteiger partial charge in [-0.05, 0) is 24.4 Å². The van der Waals surface area contributed by atoms with Crippen molar-refractivity contribution < 1.29 is 4.42 Å². The van der Waals surface area contributed by atoms with E-state index in [4.69, 9.17) is 4.42 Å². The van der Waals surface area contributed by atoms with Crippen LogP contribution < -0.4 is 10.2 Å². The van der Waals surface area contributed by atoms with Gasteiger partial charge in [0.2, 0.25) is 5.89 Å². The minimum Gasteiger partial charge on any atom is -0.407 e. The molecule has 1 heterocycles. The normalized spacial score (nSPS) is 22.5. The summed E-state index contributed by atoms with van der Waals surface area (Å²) < 4.78 is 5.70. The van der Waals surface area contributed by atoms with E-state index in [1.807, 2.05) is 14.1 Å². The van der Waals surface area contributed by atoms with Crippen molar-refractivity contribution in [2.45, 2.75) is 32.2 Å². The van der Waals surface area contributed by atoms with Gasteiger partial charge in [0.15, 0.2) is 0 Å². The average Bonchev–Trinajstić information content (AvgIpc) is 2.86. The number of nitrogens with zero attached hydrogens (tertiary/aromatic N) is 3. The van der Waals surface area contributed by atoms with Crippen molar-refractivity contribution in [1.29, 1.82) is 0 Å². The van der Waals surface area contributed by atoms with Crippen LogP contribution in [0.3, 0.4) is 0 Å². The first-order valence-electron chi connectivity index (χ1n) is 7.72. The molecule has 1 aliphatic carbocycles. The van der Waals surface area contributed by atoms with Gasteiger partial charge in [-0.2, -0.15) is 0 Å². The summed E-state index contributed by atoms with van der Waals surface area (Å²) in [6.07, 6.45) is 1.17. The molecule has 1 aromatic carbocycles. The zero-order valence-corrected chi connectivity index (χ0v) is 13.8. The zero-order chi connectivity index (χ0) is 15.8. The third kappa shape index (κ3) is 2.50. The Kier molecular flexibility index (Phi) is 3.68. The number of aromatic nitrogens is 2. The summed E-state index contributed by atoms with van der Waals surface area (Å²) in [5.41, 5.74) is 1.83. The van der Waals surface area contributed by atoms with Gasteiger partial charge in [0.05, 0.1) is 6.54 Å². The van der Waals surface area contributed by atoms with Gasteiger partial charge >= 0.3 is 6.01 Å². The maximum absolute atomic E-state index is 5.70. The van der Waals surface area contributed by atoms with Gasteiger partial charge in [0.25, 0.3) is 0 Å². The van der Waals surface area contributed by atoms with Gasteiger partial charge in [-0.1, -0.05) is 49.3 Å². The van der Waals surface area contributed by atoms with Gasteiger partial charge in [0.1, 0.15) is 0 Å². The van der Waals surface area contributed by atoms with Crippen LogP contribution in [0, 0.1) is 5.41 Å². The molecule has 0 amide bonds. The molecule has 1 unspecified atom stereocenters. The van der Waals surface area contributed by atoms with E-state index >= 15 is 0 Å². The van der Waals surface area contributed by atoms with Gasteiger partial charge < -0.3 is 14.6 Å². The first-order chi connectivity index (χ1) is 10.5. The molecule has 0 radical (unpaired) electrons. The van der Waals surface area contributed by atoms with Crippen LogP contribution in [-0.4, -0.2) is 30.8 Å². The molecule has 0 saturated heterocycles. The van der Waals surface area contributed by atoms with E-state index in [-0.39, 0.29) is 10.8 Å². The number of hydrogen-bond donors (Lipinski definition) is 1. The Balaban J connectivity index is 1.80. The standard InChI is InChI=1S/C17H24N4O/c1-16(2)11-17(16,13-8-6-5-7-9-13)12-21(4)15-20-19-14(22-15)10-18-3/h5-9,18H,10-12H2,1-4H3.